The highest BCUT2D eigenvalue weighted by atomic mass is 32.1. The van der Waals surface area contributed by atoms with Gasteiger partial charge in [-0.25, -0.2) is 9.97 Å². The van der Waals surface area contributed by atoms with Gasteiger partial charge in [-0.3, -0.25) is 4.79 Å². The number of benzene rings is 2. The van der Waals surface area contributed by atoms with Crippen LogP contribution in [0.3, 0.4) is 0 Å². The molecule has 0 aliphatic rings. The summed E-state index contributed by atoms with van der Waals surface area (Å²) < 4.78 is 7.64. The summed E-state index contributed by atoms with van der Waals surface area (Å²) in [5.74, 6) is 0.574. The zero-order valence-electron chi connectivity index (χ0n) is 16.4. The van der Waals surface area contributed by atoms with Crippen LogP contribution in [-0.2, 0) is 11.4 Å². The maximum Gasteiger partial charge on any atom is 0.248 e. The predicted octanol–water partition coefficient (Wildman–Crippen LogP) is 4.87. The Hall–Kier alpha value is -3.71. The number of anilines is 1. The van der Waals surface area contributed by atoms with Crippen molar-refractivity contribution in [3.05, 3.63) is 95.0 Å². The number of nitrogens with zero attached hydrogens (tertiary/aromatic N) is 3. The van der Waals surface area contributed by atoms with Crippen LogP contribution in [0, 0.1) is 6.92 Å². The van der Waals surface area contributed by atoms with E-state index in [4.69, 9.17) is 4.74 Å². The number of aromatic nitrogens is 3. The van der Waals surface area contributed by atoms with E-state index in [2.05, 4.69) is 15.3 Å². The third-order valence-electron chi connectivity index (χ3n) is 4.30. The smallest absolute Gasteiger partial charge is 0.248 e. The summed E-state index contributed by atoms with van der Waals surface area (Å²) in [6.45, 7) is 2.42. The van der Waals surface area contributed by atoms with Crippen molar-refractivity contribution in [3.63, 3.8) is 0 Å². The van der Waals surface area contributed by atoms with Gasteiger partial charge in [-0.1, -0.05) is 12.1 Å². The summed E-state index contributed by atoms with van der Waals surface area (Å²) in [7, 11) is 0. The summed E-state index contributed by atoms with van der Waals surface area (Å²) in [5.41, 5.74) is 3.55. The SMILES string of the molecule is Cc1nc(COc2ccc(/C=C/C(=O)Nc3ccc(-n4ccnc4)cc3)cc2)cs1. The maximum absolute atomic E-state index is 12.2. The molecule has 0 atom stereocenters. The first kappa shape index (κ1) is 19.6. The van der Waals surface area contributed by atoms with Gasteiger partial charge in [-0.05, 0) is 55.0 Å². The van der Waals surface area contributed by atoms with Gasteiger partial charge in [0.15, 0.2) is 0 Å². The number of rotatable bonds is 7. The molecule has 2 heterocycles. The Labute approximate surface area is 178 Å². The lowest BCUT2D eigenvalue weighted by Gasteiger charge is -2.05. The highest BCUT2D eigenvalue weighted by Crippen LogP contribution is 2.17. The van der Waals surface area contributed by atoms with Gasteiger partial charge < -0.3 is 14.6 Å². The molecule has 0 fully saturated rings. The Kier molecular flexibility index (Phi) is 6.01. The number of nitrogens with one attached hydrogen (secondary N) is 1. The van der Waals surface area contributed by atoms with Gasteiger partial charge in [0.25, 0.3) is 0 Å². The number of carbonyl (C=O) groups excluding carboxylic acids is 1. The van der Waals surface area contributed by atoms with Crippen LogP contribution in [-0.4, -0.2) is 20.4 Å². The fourth-order valence-corrected chi connectivity index (χ4v) is 3.39. The zero-order chi connectivity index (χ0) is 20.8. The van der Waals surface area contributed by atoms with Gasteiger partial charge in [0, 0.05) is 35.2 Å². The van der Waals surface area contributed by atoms with E-state index in [0.29, 0.717) is 6.61 Å². The quantitative estimate of drug-likeness (QED) is 0.437. The zero-order valence-corrected chi connectivity index (χ0v) is 17.2. The fraction of sp³-hybridized carbons (Fsp3) is 0.0870. The molecule has 2 aromatic heterocycles. The Bertz CT molecular complexity index is 1130. The minimum absolute atomic E-state index is 0.190. The standard InChI is InChI=1S/C23H20N4O2S/c1-17-25-20(15-30-17)14-29-22-9-2-18(3-10-22)4-11-23(28)26-19-5-7-21(8-6-19)27-13-12-24-16-27/h2-13,15-16H,14H2,1H3,(H,26,28)/b11-4+. The van der Waals surface area contributed by atoms with Gasteiger partial charge in [0.1, 0.15) is 12.4 Å². The summed E-state index contributed by atoms with van der Waals surface area (Å²) in [5, 5.41) is 5.88. The van der Waals surface area contributed by atoms with E-state index in [1.165, 1.54) is 6.08 Å². The molecule has 7 heteroatoms. The van der Waals surface area contributed by atoms with E-state index in [1.54, 1.807) is 29.9 Å². The number of amides is 1. The first-order chi connectivity index (χ1) is 14.7. The fourth-order valence-electron chi connectivity index (χ4n) is 2.79. The lowest BCUT2D eigenvalue weighted by atomic mass is 10.2. The topological polar surface area (TPSA) is 69.0 Å². The van der Waals surface area contributed by atoms with Crippen molar-refractivity contribution in [3.8, 4) is 11.4 Å². The summed E-state index contributed by atoms with van der Waals surface area (Å²) >= 11 is 1.61. The summed E-state index contributed by atoms with van der Waals surface area (Å²) in [6.07, 6.45) is 8.60. The number of imidazole rings is 1. The molecule has 30 heavy (non-hydrogen) atoms. The monoisotopic (exact) mass is 416 g/mol. The Morgan fingerprint density at radius 1 is 1.17 bits per heavy atom. The van der Waals surface area contributed by atoms with Crippen LogP contribution in [0.4, 0.5) is 5.69 Å². The number of thiazole rings is 1. The van der Waals surface area contributed by atoms with Crippen molar-refractivity contribution in [2.45, 2.75) is 13.5 Å². The van der Waals surface area contributed by atoms with Crippen molar-refractivity contribution in [1.29, 1.82) is 0 Å². The number of hydrogen-bond donors (Lipinski definition) is 1. The van der Waals surface area contributed by atoms with E-state index in [-0.39, 0.29) is 5.91 Å². The normalized spacial score (nSPS) is 11.0. The minimum atomic E-state index is -0.190. The Morgan fingerprint density at radius 3 is 2.63 bits per heavy atom. The van der Waals surface area contributed by atoms with E-state index in [9.17, 15) is 4.79 Å². The lowest BCUT2D eigenvalue weighted by molar-refractivity contribution is -0.111. The van der Waals surface area contributed by atoms with Gasteiger partial charge >= 0.3 is 0 Å². The molecule has 0 radical (unpaired) electrons. The van der Waals surface area contributed by atoms with Crippen LogP contribution in [0.15, 0.2) is 78.7 Å². The molecule has 0 saturated heterocycles. The first-order valence-corrected chi connectivity index (χ1v) is 10.2. The van der Waals surface area contributed by atoms with Crippen molar-refractivity contribution >= 4 is 29.0 Å². The number of aryl methyl sites for hydroxylation is 1. The van der Waals surface area contributed by atoms with Crippen LogP contribution in [0.2, 0.25) is 0 Å². The molecule has 1 amide bonds. The van der Waals surface area contributed by atoms with E-state index in [0.717, 1.165) is 33.4 Å². The second-order valence-corrected chi connectivity index (χ2v) is 7.62. The van der Waals surface area contributed by atoms with Gasteiger partial charge in [-0.15, -0.1) is 11.3 Å². The Balaban J connectivity index is 1.29. The average Bonchev–Trinajstić information content (AvgIpc) is 3.44. The molecule has 4 rings (SSSR count). The average molecular weight is 417 g/mol. The third-order valence-corrected chi connectivity index (χ3v) is 5.12. The van der Waals surface area contributed by atoms with Gasteiger partial charge in [0.05, 0.1) is 17.0 Å². The first-order valence-electron chi connectivity index (χ1n) is 9.37. The highest BCUT2D eigenvalue weighted by molar-refractivity contribution is 7.09. The summed E-state index contributed by atoms with van der Waals surface area (Å²) in [6, 6.07) is 15.1. The highest BCUT2D eigenvalue weighted by Gasteiger charge is 2.02. The molecular formula is C23H20N4O2S. The second kappa shape index (κ2) is 9.19. The van der Waals surface area contributed by atoms with Crippen LogP contribution in [0.25, 0.3) is 11.8 Å². The molecule has 0 spiro atoms. The molecule has 2 aromatic carbocycles. The van der Waals surface area contributed by atoms with Crippen LogP contribution >= 0.6 is 11.3 Å². The predicted molar refractivity (Wildman–Crippen MR) is 119 cm³/mol. The van der Waals surface area contributed by atoms with Crippen molar-refractivity contribution in [1.82, 2.24) is 14.5 Å². The molecule has 0 saturated carbocycles. The van der Waals surface area contributed by atoms with Crippen molar-refractivity contribution in [2.24, 2.45) is 0 Å². The molecule has 0 bridgehead atoms. The van der Waals surface area contributed by atoms with Crippen molar-refractivity contribution in [2.75, 3.05) is 5.32 Å². The molecule has 1 N–H and O–H groups in total. The molecule has 6 nitrogen and oxygen atoms in total. The van der Waals surface area contributed by atoms with E-state index >= 15 is 0 Å². The maximum atomic E-state index is 12.2. The molecular weight excluding hydrogens is 396 g/mol. The van der Waals surface area contributed by atoms with Crippen LogP contribution in [0.1, 0.15) is 16.3 Å². The van der Waals surface area contributed by atoms with E-state index < -0.39 is 0 Å². The number of ether oxygens (including phenoxy) is 1. The molecule has 0 unspecified atom stereocenters. The number of carbonyl (C=O) groups is 1. The van der Waals surface area contributed by atoms with Crippen molar-refractivity contribution < 1.29 is 9.53 Å². The molecule has 0 aliphatic carbocycles. The number of hydrogen-bond acceptors (Lipinski definition) is 5. The molecule has 150 valence electrons. The van der Waals surface area contributed by atoms with Crippen LogP contribution in [0.5, 0.6) is 5.75 Å². The van der Waals surface area contributed by atoms with Gasteiger partial charge in [-0.2, -0.15) is 0 Å². The largest absolute Gasteiger partial charge is 0.487 e. The van der Waals surface area contributed by atoms with Crippen LogP contribution < -0.4 is 10.1 Å². The third kappa shape index (κ3) is 5.21. The Morgan fingerprint density at radius 2 is 1.97 bits per heavy atom. The second-order valence-electron chi connectivity index (χ2n) is 6.55. The lowest BCUT2D eigenvalue weighted by Crippen LogP contribution is -2.07. The molecule has 0 aliphatic heterocycles. The summed E-state index contributed by atoms with van der Waals surface area (Å²) in [4.78, 5) is 20.6. The van der Waals surface area contributed by atoms with Gasteiger partial charge in [0.2, 0.25) is 5.91 Å². The minimum Gasteiger partial charge on any atom is -0.487 e. The van der Waals surface area contributed by atoms with E-state index in [1.807, 2.05) is 71.6 Å². The molecule has 4 aromatic rings.